The summed E-state index contributed by atoms with van der Waals surface area (Å²) in [6.07, 6.45) is -3.99. The van der Waals surface area contributed by atoms with Gasteiger partial charge >= 0.3 is 5.97 Å². The van der Waals surface area contributed by atoms with Crippen LogP contribution in [-0.4, -0.2) is 40.4 Å². The van der Waals surface area contributed by atoms with Crippen LogP contribution < -0.4 is 5.32 Å². The van der Waals surface area contributed by atoms with E-state index < -0.39 is 36.6 Å². The number of carbonyl (C=O) groups is 1. The molecule has 0 fully saturated rings. The number of nitrogens with one attached hydrogen (secondary N) is 1. The molecule has 0 saturated heterocycles. The molecule has 1 atom stereocenters. The molecule has 28 heavy (non-hydrogen) atoms. The lowest BCUT2D eigenvalue weighted by molar-refractivity contribution is -0.384. The van der Waals surface area contributed by atoms with Gasteiger partial charge in [-0.1, -0.05) is 12.1 Å². The summed E-state index contributed by atoms with van der Waals surface area (Å²) in [4.78, 5) is 22.6. The molecule has 0 bridgehead atoms. The highest BCUT2D eigenvalue weighted by Gasteiger charge is 2.20. The number of nitro groups is 1. The molecule has 3 N–H and O–H groups in total. The highest BCUT2D eigenvalue weighted by atomic mass is 19.3. The van der Waals surface area contributed by atoms with E-state index in [-0.39, 0.29) is 33.8 Å². The number of rotatable bonds is 8. The summed E-state index contributed by atoms with van der Waals surface area (Å²) >= 11 is 0. The number of nitrogens with zero attached hydrogens (tertiary/aromatic N) is 1. The molecule has 0 radical (unpaired) electrons. The van der Waals surface area contributed by atoms with Crippen molar-refractivity contribution in [2.45, 2.75) is 19.5 Å². The van der Waals surface area contributed by atoms with Gasteiger partial charge in [-0.05, 0) is 24.6 Å². The Balaban J connectivity index is 2.40. The number of ether oxygens (including phenoxy) is 1. The number of carbonyl (C=O) groups excluding carboxylic acids is 1. The lowest BCUT2D eigenvalue weighted by Gasteiger charge is -2.16. The zero-order valence-corrected chi connectivity index (χ0v) is 14.8. The maximum absolute atomic E-state index is 13.1. The first-order chi connectivity index (χ1) is 13.2. The van der Waals surface area contributed by atoms with Crippen LogP contribution in [0.2, 0.25) is 0 Å². The summed E-state index contributed by atoms with van der Waals surface area (Å²) in [5, 5.41) is 31.9. The van der Waals surface area contributed by atoms with E-state index in [9.17, 15) is 28.8 Å². The fourth-order valence-corrected chi connectivity index (χ4v) is 2.40. The quantitative estimate of drug-likeness (QED) is 0.356. The van der Waals surface area contributed by atoms with Crippen molar-refractivity contribution in [3.8, 4) is 0 Å². The number of non-ortho nitro benzene ring substituents is 1. The normalized spacial score (nSPS) is 11.9. The average molecular weight is 396 g/mol. The number of hydrogen-bond donors (Lipinski definition) is 3. The standard InChI is InChI=1S/C18H18F2N2O6/c1-10-13(17(19)20)3-2-4-15(10)21-16-6-5-11(22(26)27)7-14(16)18(25)28-9-12(24)8-23/h2-7,12,17,21,23-24H,8-9H2,1H3. The molecule has 0 aliphatic rings. The largest absolute Gasteiger partial charge is 0.459 e. The number of esters is 1. The average Bonchev–Trinajstić information content (AvgIpc) is 2.67. The summed E-state index contributed by atoms with van der Waals surface area (Å²) in [6, 6.07) is 7.58. The maximum Gasteiger partial charge on any atom is 0.340 e. The molecule has 0 spiro atoms. The fraction of sp³-hybridized carbons (Fsp3) is 0.278. The summed E-state index contributed by atoms with van der Waals surface area (Å²) in [5.41, 5.74) is -0.146. The van der Waals surface area contributed by atoms with Crippen molar-refractivity contribution in [2.75, 3.05) is 18.5 Å². The van der Waals surface area contributed by atoms with Crippen molar-refractivity contribution in [2.24, 2.45) is 0 Å². The van der Waals surface area contributed by atoms with E-state index in [1.54, 1.807) is 0 Å². The molecule has 2 rings (SSSR count). The molecule has 0 aromatic heterocycles. The second kappa shape index (κ2) is 9.20. The van der Waals surface area contributed by atoms with E-state index in [0.29, 0.717) is 0 Å². The second-order valence-electron chi connectivity index (χ2n) is 5.87. The molecule has 150 valence electrons. The highest BCUT2D eigenvalue weighted by molar-refractivity contribution is 5.97. The molecular weight excluding hydrogens is 378 g/mol. The second-order valence-corrected chi connectivity index (χ2v) is 5.87. The molecule has 2 aromatic rings. The van der Waals surface area contributed by atoms with Crippen LogP contribution in [0.3, 0.4) is 0 Å². The van der Waals surface area contributed by atoms with Gasteiger partial charge in [0.05, 0.1) is 22.8 Å². The minimum atomic E-state index is -2.69. The Labute approximate surface area is 158 Å². The van der Waals surface area contributed by atoms with Gasteiger partial charge in [0, 0.05) is 23.4 Å². The Morgan fingerprint density at radius 1 is 1.29 bits per heavy atom. The Bertz CT molecular complexity index is 875. The van der Waals surface area contributed by atoms with Gasteiger partial charge in [0.15, 0.2) is 0 Å². The van der Waals surface area contributed by atoms with Gasteiger partial charge in [-0.15, -0.1) is 0 Å². The molecular formula is C18H18F2N2O6. The predicted molar refractivity (Wildman–Crippen MR) is 95.9 cm³/mol. The Kier molecular flexibility index (Phi) is 6.96. The van der Waals surface area contributed by atoms with Crippen LogP contribution in [0.25, 0.3) is 0 Å². The minimum Gasteiger partial charge on any atom is -0.459 e. The van der Waals surface area contributed by atoms with Gasteiger partial charge in [0.2, 0.25) is 0 Å². The molecule has 0 saturated carbocycles. The lowest BCUT2D eigenvalue weighted by Crippen LogP contribution is -2.22. The summed E-state index contributed by atoms with van der Waals surface area (Å²) in [6.45, 7) is 0.328. The third-order valence-electron chi connectivity index (χ3n) is 3.93. The zero-order chi connectivity index (χ0) is 20.8. The molecule has 8 nitrogen and oxygen atoms in total. The van der Waals surface area contributed by atoms with Gasteiger partial charge < -0.3 is 20.3 Å². The number of aliphatic hydroxyl groups is 2. The van der Waals surface area contributed by atoms with Gasteiger partial charge in [0.1, 0.15) is 12.7 Å². The van der Waals surface area contributed by atoms with Crippen molar-refractivity contribution in [3.63, 3.8) is 0 Å². The number of alkyl halides is 2. The Morgan fingerprint density at radius 2 is 2.00 bits per heavy atom. The molecule has 0 heterocycles. The third-order valence-corrected chi connectivity index (χ3v) is 3.93. The number of nitro benzene ring substituents is 1. The first-order valence-electron chi connectivity index (χ1n) is 8.13. The van der Waals surface area contributed by atoms with Crippen LogP contribution in [0.5, 0.6) is 0 Å². The van der Waals surface area contributed by atoms with Crippen LogP contribution in [0, 0.1) is 17.0 Å². The molecule has 2 aromatic carbocycles. The van der Waals surface area contributed by atoms with Gasteiger partial charge in [-0.3, -0.25) is 10.1 Å². The number of aliphatic hydroxyl groups excluding tert-OH is 2. The van der Waals surface area contributed by atoms with Gasteiger partial charge in [-0.25, -0.2) is 13.6 Å². The molecule has 0 aliphatic carbocycles. The zero-order valence-electron chi connectivity index (χ0n) is 14.8. The SMILES string of the molecule is Cc1c(Nc2ccc([N+](=O)[O-])cc2C(=O)OCC(O)CO)cccc1C(F)F. The van der Waals surface area contributed by atoms with Gasteiger partial charge in [-0.2, -0.15) is 0 Å². The first-order valence-corrected chi connectivity index (χ1v) is 8.13. The van der Waals surface area contributed by atoms with E-state index >= 15 is 0 Å². The van der Waals surface area contributed by atoms with E-state index in [4.69, 9.17) is 9.84 Å². The first kappa shape index (κ1) is 21.2. The molecule has 0 amide bonds. The van der Waals surface area contributed by atoms with Crippen molar-refractivity contribution < 1.29 is 33.4 Å². The van der Waals surface area contributed by atoms with Crippen LogP contribution in [0.1, 0.15) is 27.9 Å². The lowest BCUT2D eigenvalue weighted by atomic mass is 10.1. The predicted octanol–water partition coefficient (Wildman–Crippen LogP) is 3.09. The summed E-state index contributed by atoms with van der Waals surface area (Å²) in [7, 11) is 0. The van der Waals surface area contributed by atoms with E-state index in [2.05, 4.69) is 5.32 Å². The maximum atomic E-state index is 13.1. The number of halogens is 2. The highest BCUT2D eigenvalue weighted by Crippen LogP contribution is 2.31. The monoisotopic (exact) mass is 396 g/mol. The Hall–Kier alpha value is -3.11. The van der Waals surface area contributed by atoms with Crippen molar-refractivity contribution in [1.82, 2.24) is 0 Å². The number of hydrogen-bond acceptors (Lipinski definition) is 7. The van der Waals surface area contributed by atoms with Crippen LogP contribution >= 0.6 is 0 Å². The van der Waals surface area contributed by atoms with Crippen molar-refractivity contribution in [3.05, 3.63) is 63.2 Å². The van der Waals surface area contributed by atoms with Crippen molar-refractivity contribution in [1.29, 1.82) is 0 Å². The van der Waals surface area contributed by atoms with E-state index in [0.717, 1.165) is 12.1 Å². The molecule has 0 aliphatic heterocycles. The Morgan fingerprint density at radius 3 is 2.61 bits per heavy atom. The summed E-state index contributed by atoms with van der Waals surface area (Å²) < 4.78 is 31.0. The molecule has 1 unspecified atom stereocenters. The summed E-state index contributed by atoms with van der Waals surface area (Å²) in [5.74, 6) is -0.985. The number of benzene rings is 2. The van der Waals surface area contributed by atoms with E-state index in [1.165, 1.54) is 31.2 Å². The van der Waals surface area contributed by atoms with E-state index in [1.807, 2.05) is 0 Å². The third kappa shape index (κ3) is 4.99. The molecule has 10 heteroatoms. The van der Waals surface area contributed by atoms with Gasteiger partial charge in [0.25, 0.3) is 12.1 Å². The minimum absolute atomic E-state index is 0.101. The topological polar surface area (TPSA) is 122 Å². The van der Waals surface area contributed by atoms with Crippen LogP contribution in [-0.2, 0) is 4.74 Å². The fourth-order valence-electron chi connectivity index (χ4n) is 2.40. The van der Waals surface area contributed by atoms with Crippen LogP contribution in [0.4, 0.5) is 25.8 Å². The number of anilines is 2. The van der Waals surface area contributed by atoms with Crippen molar-refractivity contribution >= 4 is 23.0 Å². The smallest absolute Gasteiger partial charge is 0.340 e. The van der Waals surface area contributed by atoms with Crippen LogP contribution in [0.15, 0.2) is 36.4 Å².